The van der Waals surface area contributed by atoms with Crippen molar-refractivity contribution in [3.63, 3.8) is 0 Å². The molecule has 2 bridgehead atoms. The lowest BCUT2D eigenvalue weighted by Gasteiger charge is -2.31. The van der Waals surface area contributed by atoms with Crippen molar-refractivity contribution < 1.29 is 19.3 Å². The van der Waals surface area contributed by atoms with Crippen LogP contribution in [0.25, 0.3) is 0 Å². The fourth-order valence-electron chi connectivity index (χ4n) is 5.38. The molecule has 2 fully saturated rings. The van der Waals surface area contributed by atoms with Gasteiger partial charge in [0.05, 0.1) is 26.9 Å². The maximum Gasteiger partial charge on any atom is 0.161 e. The maximum absolute atomic E-state index is 10.4. The van der Waals surface area contributed by atoms with E-state index in [4.69, 9.17) is 14.2 Å². The molecule has 0 unspecified atom stereocenters. The van der Waals surface area contributed by atoms with E-state index in [2.05, 4.69) is 17.0 Å². The second-order valence-electron chi connectivity index (χ2n) is 8.59. The highest BCUT2D eigenvalue weighted by atomic mass is 16.5. The first-order valence-corrected chi connectivity index (χ1v) is 10.4. The monoisotopic (exact) mass is 375 g/mol. The molecule has 2 aliphatic carbocycles. The summed E-state index contributed by atoms with van der Waals surface area (Å²) in [6, 6.07) is 4.15. The van der Waals surface area contributed by atoms with Crippen LogP contribution in [0.15, 0.2) is 12.1 Å². The normalized spacial score (nSPS) is 28.2. The quantitative estimate of drug-likeness (QED) is 0.757. The van der Waals surface area contributed by atoms with Crippen molar-refractivity contribution in [2.45, 2.75) is 44.8 Å². The Bertz CT molecular complexity index is 649. The topological polar surface area (TPSA) is 51.2 Å². The number of rotatable bonds is 8. The molecular weight excluding hydrogens is 342 g/mol. The lowest BCUT2D eigenvalue weighted by atomic mass is 9.90. The number of aliphatic hydroxyl groups is 1. The number of aliphatic hydroxyl groups excluding tert-OH is 1. The van der Waals surface area contributed by atoms with Gasteiger partial charge < -0.3 is 19.3 Å². The standard InChI is InChI=1S/C22H33NO4/c1-25-21-9-17-5-6-23(11-18(17)10-22(21)26-2)12-20(24)14-27-13-19-8-15-3-4-16(19)7-15/h9-10,15-16,19-20,24H,3-8,11-14H2,1-2H3/t15-,16-,19+,20+/m0/s1. The minimum Gasteiger partial charge on any atom is -0.493 e. The molecule has 0 radical (unpaired) electrons. The first kappa shape index (κ1) is 19.0. The molecule has 0 saturated heterocycles. The van der Waals surface area contributed by atoms with E-state index in [1.807, 2.05) is 0 Å². The Labute approximate surface area is 162 Å². The first-order chi connectivity index (χ1) is 13.2. The number of methoxy groups -OCH3 is 2. The molecule has 4 rings (SSSR count). The average molecular weight is 376 g/mol. The Hall–Kier alpha value is -1.30. The van der Waals surface area contributed by atoms with Crippen LogP contribution in [0.3, 0.4) is 0 Å². The summed E-state index contributed by atoms with van der Waals surface area (Å²) in [4.78, 5) is 2.31. The Kier molecular flexibility index (Phi) is 5.90. The number of fused-ring (bicyclic) bond motifs is 3. The van der Waals surface area contributed by atoms with E-state index in [-0.39, 0.29) is 0 Å². The smallest absolute Gasteiger partial charge is 0.161 e. The molecule has 4 atom stereocenters. The molecule has 1 aliphatic heterocycles. The van der Waals surface area contributed by atoms with Gasteiger partial charge >= 0.3 is 0 Å². The Morgan fingerprint density at radius 2 is 1.89 bits per heavy atom. The molecular formula is C22H33NO4. The van der Waals surface area contributed by atoms with Crippen molar-refractivity contribution in [1.29, 1.82) is 0 Å². The predicted molar refractivity (Wildman–Crippen MR) is 104 cm³/mol. The van der Waals surface area contributed by atoms with Gasteiger partial charge in [0.15, 0.2) is 11.5 Å². The Balaban J connectivity index is 1.24. The summed E-state index contributed by atoms with van der Waals surface area (Å²) in [6.07, 6.45) is 6.12. The van der Waals surface area contributed by atoms with Crippen molar-refractivity contribution in [2.75, 3.05) is 40.5 Å². The molecule has 150 valence electrons. The Morgan fingerprint density at radius 3 is 2.56 bits per heavy atom. The fourth-order valence-corrected chi connectivity index (χ4v) is 5.38. The van der Waals surface area contributed by atoms with Crippen LogP contribution in [-0.2, 0) is 17.7 Å². The van der Waals surface area contributed by atoms with E-state index in [9.17, 15) is 5.11 Å². The van der Waals surface area contributed by atoms with Gasteiger partial charge in [-0.15, -0.1) is 0 Å². The van der Waals surface area contributed by atoms with Gasteiger partial charge in [-0.25, -0.2) is 0 Å². The van der Waals surface area contributed by atoms with Gasteiger partial charge in [0.1, 0.15) is 0 Å². The number of hydrogen-bond donors (Lipinski definition) is 1. The molecule has 0 aromatic heterocycles. The highest BCUT2D eigenvalue weighted by Gasteiger charge is 2.39. The van der Waals surface area contributed by atoms with E-state index in [1.165, 1.54) is 36.8 Å². The molecule has 2 saturated carbocycles. The molecule has 27 heavy (non-hydrogen) atoms. The summed E-state index contributed by atoms with van der Waals surface area (Å²) in [5.74, 6) is 4.14. The van der Waals surface area contributed by atoms with Crippen LogP contribution in [0.2, 0.25) is 0 Å². The van der Waals surface area contributed by atoms with Crippen molar-refractivity contribution in [1.82, 2.24) is 4.90 Å². The molecule has 1 aromatic rings. The number of hydrogen-bond acceptors (Lipinski definition) is 5. The molecule has 1 heterocycles. The highest BCUT2D eigenvalue weighted by molar-refractivity contribution is 5.48. The Morgan fingerprint density at radius 1 is 1.11 bits per heavy atom. The van der Waals surface area contributed by atoms with E-state index >= 15 is 0 Å². The number of benzene rings is 1. The lowest BCUT2D eigenvalue weighted by Crippen LogP contribution is -2.38. The van der Waals surface area contributed by atoms with Gasteiger partial charge in [-0.3, -0.25) is 4.90 Å². The van der Waals surface area contributed by atoms with Gasteiger partial charge in [-0.1, -0.05) is 6.42 Å². The van der Waals surface area contributed by atoms with Gasteiger partial charge in [-0.05, 0) is 66.7 Å². The van der Waals surface area contributed by atoms with E-state index in [0.717, 1.165) is 55.4 Å². The minimum atomic E-state index is -0.426. The highest BCUT2D eigenvalue weighted by Crippen LogP contribution is 2.48. The summed E-state index contributed by atoms with van der Waals surface area (Å²) >= 11 is 0. The maximum atomic E-state index is 10.4. The number of nitrogens with zero attached hydrogens (tertiary/aromatic N) is 1. The fraction of sp³-hybridized carbons (Fsp3) is 0.727. The van der Waals surface area contributed by atoms with E-state index < -0.39 is 6.10 Å². The summed E-state index contributed by atoms with van der Waals surface area (Å²) < 4.78 is 16.7. The molecule has 3 aliphatic rings. The van der Waals surface area contributed by atoms with Gasteiger partial charge in [0.25, 0.3) is 0 Å². The summed E-state index contributed by atoms with van der Waals surface area (Å²) in [6.45, 7) is 3.72. The zero-order valence-corrected chi connectivity index (χ0v) is 16.7. The third kappa shape index (κ3) is 4.25. The second-order valence-corrected chi connectivity index (χ2v) is 8.59. The second kappa shape index (κ2) is 8.38. The molecule has 5 nitrogen and oxygen atoms in total. The predicted octanol–water partition coefficient (Wildman–Crippen LogP) is 2.88. The van der Waals surface area contributed by atoms with E-state index in [0.29, 0.717) is 13.2 Å². The van der Waals surface area contributed by atoms with Crippen LogP contribution in [0.5, 0.6) is 11.5 Å². The van der Waals surface area contributed by atoms with Crippen molar-refractivity contribution in [3.05, 3.63) is 23.3 Å². The third-order valence-corrected chi connectivity index (χ3v) is 6.79. The van der Waals surface area contributed by atoms with Gasteiger partial charge in [-0.2, -0.15) is 0 Å². The van der Waals surface area contributed by atoms with Crippen molar-refractivity contribution in [3.8, 4) is 11.5 Å². The first-order valence-electron chi connectivity index (χ1n) is 10.4. The van der Waals surface area contributed by atoms with Crippen LogP contribution >= 0.6 is 0 Å². The summed E-state index contributed by atoms with van der Waals surface area (Å²) in [5, 5.41) is 10.4. The minimum absolute atomic E-state index is 0.426. The zero-order valence-electron chi connectivity index (χ0n) is 16.7. The molecule has 1 N–H and O–H groups in total. The van der Waals surface area contributed by atoms with Crippen LogP contribution < -0.4 is 9.47 Å². The number of β-amino-alcohol motifs (C(OH)–C–C–N with tert-alkyl or cyclic N) is 1. The van der Waals surface area contributed by atoms with Crippen LogP contribution in [0.1, 0.15) is 36.8 Å². The average Bonchev–Trinajstić information content (AvgIpc) is 3.30. The van der Waals surface area contributed by atoms with Crippen molar-refractivity contribution >= 4 is 0 Å². The molecule has 0 spiro atoms. The largest absolute Gasteiger partial charge is 0.493 e. The molecule has 5 heteroatoms. The SMILES string of the molecule is COc1cc2c(cc1OC)CN(C[C@@H](O)COC[C@H]1C[C@H]3CC[C@H]1C3)CC2. The van der Waals surface area contributed by atoms with Gasteiger partial charge in [0, 0.05) is 26.2 Å². The molecule has 0 amide bonds. The number of ether oxygens (including phenoxy) is 3. The summed E-state index contributed by atoms with van der Waals surface area (Å²) in [7, 11) is 3.34. The zero-order chi connectivity index (χ0) is 18.8. The van der Waals surface area contributed by atoms with Crippen LogP contribution in [0.4, 0.5) is 0 Å². The van der Waals surface area contributed by atoms with Crippen LogP contribution in [0, 0.1) is 17.8 Å². The van der Waals surface area contributed by atoms with Gasteiger partial charge in [0.2, 0.25) is 0 Å². The molecule has 1 aromatic carbocycles. The summed E-state index contributed by atoms with van der Waals surface area (Å²) in [5.41, 5.74) is 2.57. The van der Waals surface area contributed by atoms with E-state index in [1.54, 1.807) is 14.2 Å². The van der Waals surface area contributed by atoms with Crippen LogP contribution in [-0.4, -0.2) is 56.6 Å². The van der Waals surface area contributed by atoms with Crippen molar-refractivity contribution in [2.24, 2.45) is 17.8 Å². The third-order valence-electron chi connectivity index (χ3n) is 6.79. The lowest BCUT2D eigenvalue weighted by molar-refractivity contribution is -0.00388.